The Morgan fingerprint density at radius 3 is 2.90 bits per heavy atom. The lowest BCUT2D eigenvalue weighted by Gasteiger charge is -2.07. The third kappa shape index (κ3) is 2.84. The van der Waals surface area contributed by atoms with Crippen LogP contribution in [0, 0.1) is 0 Å². The predicted octanol–water partition coefficient (Wildman–Crippen LogP) is 2.37. The Bertz CT molecular complexity index is 159. The minimum Gasteiger partial charge on any atom is -0.319 e. The molecule has 0 saturated heterocycles. The lowest BCUT2D eigenvalue weighted by Crippen LogP contribution is -2.11. The van der Waals surface area contributed by atoms with E-state index in [2.05, 4.69) is 40.8 Å². The molecule has 0 fully saturated rings. The molecule has 1 rings (SSSR count). The maximum absolute atomic E-state index is 5.64. The summed E-state index contributed by atoms with van der Waals surface area (Å²) >= 11 is 2.25. The fourth-order valence-corrected chi connectivity index (χ4v) is 1.55. The van der Waals surface area contributed by atoms with Gasteiger partial charge in [-0.15, -0.1) is 0 Å². The van der Waals surface area contributed by atoms with Crippen LogP contribution in [0.4, 0.5) is 0 Å². The molecule has 0 amide bonds. The van der Waals surface area contributed by atoms with E-state index in [0.29, 0.717) is 0 Å². The molecule has 2 N–H and O–H groups in total. The molecule has 0 heterocycles. The third-order valence-corrected chi connectivity index (χ3v) is 1.94. The highest BCUT2D eigenvalue weighted by atomic mass is 127. The van der Waals surface area contributed by atoms with Gasteiger partial charge in [0, 0.05) is 0 Å². The molecular formula is C8H12IN. The van der Waals surface area contributed by atoms with Crippen LogP contribution in [0.5, 0.6) is 0 Å². The van der Waals surface area contributed by atoms with Crippen LogP contribution >= 0.6 is 22.6 Å². The zero-order valence-corrected chi connectivity index (χ0v) is 8.04. The smallest absolute Gasteiger partial charge is 0.0609 e. The van der Waals surface area contributed by atoms with Crippen molar-refractivity contribution in [1.82, 2.24) is 0 Å². The fraction of sp³-hybridized carbons (Fsp3) is 0.500. The van der Waals surface area contributed by atoms with Gasteiger partial charge in [0.15, 0.2) is 0 Å². The second-order valence-electron chi connectivity index (χ2n) is 2.48. The number of hydrogen-bond acceptors (Lipinski definition) is 1. The first-order valence-electron chi connectivity index (χ1n) is 3.54. The largest absolute Gasteiger partial charge is 0.319 e. The van der Waals surface area contributed by atoms with Gasteiger partial charge < -0.3 is 5.73 Å². The van der Waals surface area contributed by atoms with Gasteiger partial charge in [-0.25, -0.2) is 0 Å². The van der Waals surface area contributed by atoms with Crippen LogP contribution in [0.2, 0.25) is 0 Å². The standard InChI is InChI=1S/C8H12IN/c9-8(10)6-7-4-2-1-3-5-7/h2,4-5,8H,1,3,6,10H2. The molecule has 0 aromatic carbocycles. The van der Waals surface area contributed by atoms with E-state index in [1.54, 1.807) is 0 Å². The van der Waals surface area contributed by atoms with E-state index in [9.17, 15) is 0 Å². The van der Waals surface area contributed by atoms with Gasteiger partial charge in [-0.05, 0) is 24.8 Å². The Labute approximate surface area is 75.5 Å². The van der Waals surface area contributed by atoms with Gasteiger partial charge in [0.25, 0.3) is 0 Å². The van der Waals surface area contributed by atoms with Crippen molar-refractivity contribution in [2.75, 3.05) is 0 Å². The number of alkyl halides is 1. The van der Waals surface area contributed by atoms with Crippen LogP contribution in [0.25, 0.3) is 0 Å². The monoisotopic (exact) mass is 249 g/mol. The minimum atomic E-state index is 0.270. The van der Waals surface area contributed by atoms with Gasteiger partial charge in [0.1, 0.15) is 0 Å². The molecule has 0 aromatic rings. The van der Waals surface area contributed by atoms with Crippen LogP contribution in [-0.4, -0.2) is 4.05 Å². The van der Waals surface area contributed by atoms with Crippen molar-refractivity contribution in [1.29, 1.82) is 0 Å². The first-order valence-corrected chi connectivity index (χ1v) is 4.79. The van der Waals surface area contributed by atoms with Crippen molar-refractivity contribution in [2.24, 2.45) is 5.73 Å². The summed E-state index contributed by atoms with van der Waals surface area (Å²) in [5, 5.41) is 0. The number of rotatable bonds is 2. The molecule has 56 valence electrons. The van der Waals surface area contributed by atoms with E-state index >= 15 is 0 Å². The topological polar surface area (TPSA) is 26.0 Å². The number of hydrogen-bond donors (Lipinski definition) is 1. The quantitative estimate of drug-likeness (QED) is 0.454. The molecule has 1 unspecified atom stereocenters. The second-order valence-corrected chi connectivity index (χ2v) is 4.08. The van der Waals surface area contributed by atoms with E-state index < -0.39 is 0 Å². The average molecular weight is 249 g/mol. The summed E-state index contributed by atoms with van der Waals surface area (Å²) in [7, 11) is 0. The van der Waals surface area contributed by atoms with E-state index in [1.165, 1.54) is 18.4 Å². The van der Waals surface area contributed by atoms with Gasteiger partial charge in [0.05, 0.1) is 4.05 Å². The van der Waals surface area contributed by atoms with Crippen LogP contribution < -0.4 is 5.73 Å². The number of allylic oxidation sites excluding steroid dienone is 3. The molecule has 1 nitrogen and oxygen atoms in total. The predicted molar refractivity (Wildman–Crippen MR) is 53.1 cm³/mol. The molecule has 0 aromatic heterocycles. The summed E-state index contributed by atoms with van der Waals surface area (Å²) in [6, 6.07) is 0. The Morgan fingerprint density at radius 1 is 1.60 bits per heavy atom. The molecular weight excluding hydrogens is 237 g/mol. The molecule has 1 aliphatic rings. The summed E-state index contributed by atoms with van der Waals surface area (Å²) in [5.74, 6) is 0. The van der Waals surface area contributed by atoms with Crippen molar-refractivity contribution < 1.29 is 0 Å². The van der Waals surface area contributed by atoms with Crippen molar-refractivity contribution in [3.63, 3.8) is 0 Å². The normalized spacial score (nSPS) is 20.4. The zero-order valence-electron chi connectivity index (χ0n) is 5.89. The lowest BCUT2D eigenvalue weighted by molar-refractivity contribution is 0.905. The maximum Gasteiger partial charge on any atom is 0.0609 e. The van der Waals surface area contributed by atoms with Crippen molar-refractivity contribution in [3.8, 4) is 0 Å². The van der Waals surface area contributed by atoms with Gasteiger partial charge >= 0.3 is 0 Å². The highest BCUT2D eigenvalue weighted by Crippen LogP contribution is 2.15. The minimum absolute atomic E-state index is 0.270. The molecule has 1 aliphatic carbocycles. The van der Waals surface area contributed by atoms with Crippen molar-refractivity contribution >= 4 is 22.6 Å². The Balaban J connectivity index is 2.40. The molecule has 0 bridgehead atoms. The van der Waals surface area contributed by atoms with E-state index in [1.807, 2.05) is 0 Å². The SMILES string of the molecule is NC(I)CC1=CCCC=C1. The van der Waals surface area contributed by atoms with Crippen LogP contribution in [0.1, 0.15) is 19.3 Å². The van der Waals surface area contributed by atoms with Crippen molar-refractivity contribution in [2.45, 2.75) is 23.3 Å². The zero-order chi connectivity index (χ0) is 7.40. The summed E-state index contributed by atoms with van der Waals surface area (Å²) < 4.78 is 0.270. The lowest BCUT2D eigenvalue weighted by atomic mass is 10.0. The van der Waals surface area contributed by atoms with Crippen LogP contribution in [0.3, 0.4) is 0 Å². The fourth-order valence-electron chi connectivity index (χ4n) is 1.04. The first kappa shape index (κ1) is 8.27. The van der Waals surface area contributed by atoms with Crippen molar-refractivity contribution in [3.05, 3.63) is 23.8 Å². The van der Waals surface area contributed by atoms with Gasteiger partial charge in [-0.2, -0.15) is 0 Å². The van der Waals surface area contributed by atoms with Crippen LogP contribution in [0.15, 0.2) is 23.8 Å². The molecule has 0 spiro atoms. The molecule has 0 saturated carbocycles. The summed E-state index contributed by atoms with van der Waals surface area (Å²) in [6.07, 6.45) is 10.1. The molecule has 1 atom stereocenters. The highest BCUT2D eigenvalue weighted by Gasteiger charge is 2.00. The number of halogens is 1. The van der Waals surface area contributed by atoms with E-state index in [4.69, 9.17) is 5.73 Å². The molecule has 2 heteroatoms. The van der Waals surface area contributed by atoms with E-state index in [0.717, 1.165) is 6.42 Å². The average Bonchev–Trinajstić information content (AvgIpc) is 1.88. The van der Waals surface area contributed by atoms with Gasteiger partial charge in [0.2, 0.25) is 0 Å². The van der Waals surface area contributed by atoms with Gasteiger partial charge in [-0.1, -0.05) is 40.8 Å². The Hall–Kier alpha value is 0.170. The van der Waals surface area contributed by atoms with Gasteiger partial charge in [-0.3, -0.25) is 0 Å². The summed E-state index contributed by atoms with van der Waals surface area (Å²) in [5.41, 5.74) is 7.03. The molecule has 0 radical (unpaired) electrons. The van der Waals surface area contributed by atoms with Crippen LogP contribution in [-0.2, 0) is 0 Å². The third-order valence-electron chi connectivity index (χ3n) is 1.50. The maximum atomic E-state index is 5.64. The van der Waals surface area contributed by atoms with E-state index in [-0.39, 0.29) is 4.05 Å². The summed E-state index contributed by atoms with van der Waals surface area (Å²) in [6.45, 7) is 0. The Morgan fingerprint density at radius 2 is 2.40 bits per heavy atom. The highest BCUT2D eigenvalue weighted by molar-refractivity contribution is 14.1. The summed E-state index contributed by atoms with van der Waals surface area (Å²) in [4.78, 5) is 0. The molecule has 10 heavy (non-hydrogen) atoms. The second kappa shape index (κ2) is 4.13. The number of nitrogens with two attached hydrogens (primary N) is 1. The Kier molecular flexibility index (Phi) is 3.42. The first-order chi connectivity index (χ1) is 4.79. The molecule has 0 aliphatic heterocycles.